The number of halogens is 3. The van der Waals surface area contributed by atoms with E-state index in [4.69, 9.17) is 10.5 Å². The number of nitrogens with zero attached hydrogens (tertiary/aromatic N) is 2. The molecule has 2 aromatic rings. The van der Waals surface area contributed by atoms with Crippen LogP contribution in [0.4, 0.5) is 23.7 Å². The van der Waals surface area contributed by atoms with E-state index >= 15 is 0 Å². The molecule has 3 N–H and O–H groups in total. The van der Waals surface area contributed by atoms with Crippen LogP contribution in [-0.4, -0.2) is 22.1 Å². The van der Waals surface area contributed by atoms with Gasteiger partial charge in [-0.1, -0.05) is 11.2 Å². The lowest BCUT2D eigenvalue weighted by Gasteiger charge is -2.05. The van der Waals surface area contributed by atoms with E-state index in [-0.39, 0.29) is 11.3 Å². The van der Waals surface area contributed by atoms with Crippen molar-refractivity contribution in [1.29, 1.82) is 0 Å². The van der Waals surface area contributed by atoms with Crippen LogP contribution in [0.3, 0.4) is 0 Å². The van der Waals surface area contributed by atoms with Crippen LogP contribution in [0.2, 0.25) is 0 Å². The van der Waals surface area contributed by atoms with E-state index in [0.29, 0.717) is 0 Å². The normalized spacial score (nSPS) is 11.1. The summed E-state index contributed by atoms with van der Waals surface area (Å²) in [5.74, 6) is -2.82. The number of amides is 2. The second-order valence-corrected chi connectivity index (χ2v) is 4.16. The second-order valence-electron chi connectivity index (χ2n) is 4.16. The maximum Gasteiger partial charge on any atom is 0.455 e. The number of aromatic nitrogens is 2. The molecule has 0 unspecified atom stereocenters. The van der Waals surface area contributed by atoms with Crippen LogP contribution in [0.5, 0.6) is 0 Å². The molecule has 0 spiro atoms. The van der Waals surface area contributed by atoms with Crippen LogP contribution in [0.25, 0.3) is 0 Å². The Bertz CT molecular complexity index is 729. The monoisotopic (exact) mass is 330 g/mol. The van der Waals surface area contributed by atoms with Crippen molar-refractivity contribution in [2.45, 2.75) is 12.8 Å². The molecule has 1 aromatic carbocycles. The maximum atomic E-state index is 12.3. The molecule has 1 heterocycles. The average molecular weight is 330 g/mol. The lowest BCUT2D eigenvalue weighted by molar-refractivity contribution is -0.146. The van der Waals surface area contributed by atoms with E-state index in [9.17, 15) is 22.8 Å². The van der Waals surface area contributed by atoms with Gasteiger partial charge in [0.25, 0.3) is 11.7 Å². The van der Waals surface area contributed by atoms with Gasteiger partial charge in [0.15, 0.2) is 6.61 Å². The van der Waals surface area contributed by atoms with E-state index < -0.39 is 36.5 Å². The quantitative estimate of drug-likeness (QED) is 0.827. The number of esters is 1. The van der Waals surface area contributed by atoms with Crippen molar-refractivity contribution in [2.75, 3.05) is 5.32 Å². The number of primary amides is 1. The van der Waals surface area contributed by atoms with Crippen LogP contribution in [0.1, 0.15) is 22.1 Å². The number of alkyl halides is 3. The van der Waals surface area contributed by atoms with Gasteiger partial charge in [-0.05, 0) is 18.2 Å². The largest absolute Gasteiger partial charge is 0.455 e. The van der Waals surface area contributed by atoms with Crippen molar-refractivity contribution in [3.05, 3.63) is 41.5 Å². The molecule has 0 fully saturated rings. The van der Waals surface area contributed by atoms with E-state index in [2.05, 4.69) is 20.0 Å². The summed E-state index contributed by atoms with van der Waals surface area (Å²) in [6.45, 7) is -0.630. The van der Waals surface area contributed by atoms with Crippen molar-refractivity contribution < 1.29 is 32.0 Å². The predicted molar refractivity (Wildman–Crippen MR) is 68.1 cm³/mol. The number of rotatable bonds is 4. The molecule has 11 heteroatoms. The molecular formula is C12H9F3N4O4. The SMILES string of the molecule is NC(=O)Nc1cccc(C(=O)OCc2nc(C(F)(F)F)no2)c1. The zero-order valence-electron chi connectivity index (χ0n) is 11.3. The fourth-order valence-corrected chi connectivity index (χ4v) is 1.51. The van der Waals surface area contributed by atoms with Crippen LogP contribution < -0.4 is 11.1 Å². The number of benzene rings is 1. The number of ether oxygens (including phenoxy) is 1. The lowest BCUT2D eigenvalue weighted by atomic mass is 10.2. The van der Waals surface area contributed by atoms with Gasteiger partial charge in [-0.3, -0.25) is 0 Å². The van der Waals surface area contributed by atoms with Crippen LogP contribution >= 0.6 is 0 Å². The molecule has 0 aliphatic rings. The molecule has 1 aromatic heterocycles. The van der Waals surface area contributed by atoms with Gasteiger partial charge < -0.3 is 20.3 Å². The molecule has 0 bridgehead atoms. The lowest BCUT2D eigenvalue weighted by Crippen LogP contribution is -2.19. The average Bonchev–Trinajstić information content (AvgIpc) is 2.93. The molecule has 8 nitrogen and oxygen atoms in total. The Hall–Kier alpha value is -3.11. The first kappa shape index (κ1) is 16.3. The predicted octanol–water partition coefficient (Wildman–Crippen LogP) is 1.94. The molecule has 23 heavy (non-hydrogen) atoms. The highest BCUT2D eigenvalue weighted by Crippen LogP contribution is 2.26. The number of nitrogens with one attached hydrogen (secondary N) is 1. The molecule has 2 amide bonds. The zero-order chi connectivity index (χ0) is 17.0. The molecule has 2 rings (SSSR count). The van der Waals surface area contributed by atoms with Crippen molar-refractivity contribution >= 4 is 17.7 Å². The third kappa shape index (κ3) is 4.43. The van der Waals surface area contributed by atoms with Gasteiger partial charge in [0.1, 0.15) is 0 Å². The third-order valence-electron chi connectivity index (χ3n) is 2.41. The highest BCUT2D eigenvalue weighted by atomic mass is 19.4. The zero-order valence-corrected chi connectivity index (χ0v) is 11.3. The molecule has 0 atom stereocenters. The molecular weight excluding hydrogens is 321 g/mol. The summed E-state index contributed by atoms with van der Waals surface area (Å²) in [5, 5.41) is 4.98. The summed E-state index contributed by atoms with van der Waals surface area (Å²) in [5.41, 5.74) is 5.24. The Kier molecular flexibility index (Phi) is 4.48. The highest BCUT2D eigenvalue weighted by Gasteiger charge is 2.37. The first-order chi connectivity index (χ1) is 10.8. The Balaban J connectivity index is 1.99. The third-order valence-corrected chi connectivity index (χ3v) is 2.41. The Labute approximate surface area is 126 Å². The Morgan fingerprint density at radius 1 is 1.35 bits per heavy atom. The van der Waals surface area contributed by atoms with Gasteiger partial charge in [0.2, 0.25) is 0 Å². The number of hydrogen-bond donors (Lipinski definition) is 2. The summed E-state index contributed by atoms with van der Waals surface area (Å²) in [7, 11) is 0. The van der Waals surface area contributed by atoms with Crippen LogP contribution in [0, 0.1) is 0 Å². The van der Waals surface area contributed by atoms with Crippen molar-refractivity contribution in [3.63, 3.8) is 0 Å². The second kappa shape index (κ2) is 6.34. The van der Waals surface area contributed by atoms with Crippen LogP contribution in [0.15, 0.2) is 28.8 Å². The molecule has 0 saturated carbocycles. The number of carbonyl (C=O) groups is 2. The molecule has 122 valence electrons. The molecule has 0 aliphatic carbocycles. The highest BCUT2D eigenvalue weighted by molar-refractivity contribution is 5.93. The van der Waals surface area contributed by atoms with Gasteiger partial charge in [0, 0.05) is 5.69 Å². The topological polar surface area (TPSA) is 120 Å². The fraction of sp³-hybridized carbons (Fsp3) is 0.167. The Morgan fingerprint density at radius 3 is 2.70 bits per heavy atom. The van der Waals surface area contributed by atoms with Gasteiger partial charge >= 0.3 is 18.2 Å². The van der Waals surface area contributed by atoms with Gasteiger partial charge in [-0.2, -0.15) is 18.2 Å². The minimum absolute atomic E-state index is 0.0480. The molecule has 0 saturated heterocycles. The minimum atomic E-state index is -4.75. The first-order valence-electron chi connectivity index (χ1n) is 5.99. The fourth-order valence-electron chi connectivity index (χ4n) is 1.51. The smallest absolute Gasteiger partial charge is 0.452 e. The van der Waals surface area contributed by atoms with Gasteiger partial charge in [-0.15, -0.1) is 0 Å². The number of hydrogen-bond acceptors (Lipinski definition) is 6. The first-order valence-corrected chi connectivity index (χ1v) is 5.99. The van der Waals surface area contributed by atoms with Crippen LogP contribution in [-0.2, 0) is 17.5 Å². The molecule has 0 radical (unpaired) electrons. The maximum absolute atomic E-state index is 12.3. The van der Waals surface area contributed by atoms with E-state index in [1.54, 1.807) is 0 Å². The van der Waals surface area contributed by atoms with Gasteiger partial charge in [-0.25, -0.2) is 9.59 Å². The summed E-state index contributed by atoms with van der Waals surface area (Å²) in [4.78, 5) is 25.6. The summed E-state index contributed by atoms with van der Waals surface area (Å²) < 4.78 is 45.9. The molecule has 0 aliphatic heterocycles. The van der Waals surface area contributed by atoms with Crippen molar-refractivity contribution in [3.8, 4) is 0 Å². The Morgan fingerprint density at radius 2 is 2.09 bits per heavy atom. The summed E-state index contributed by atoms with van der Waals surface area (Å²) in [6.07, 6.45) is -4.75. The summed E-state index contributed by atoms with van der Waals surface area (Å²) >= 11 is 0. The number of urea groups is 1. The number of carbonyl (C=O) groups excluding carboxylic acids is 2. The summed E-state index contributed by atoms with van der Waals surface area (Å²) in [6, 6.07) is 4.78. The van der Waals surface area contributed by atoms with Crippen molar-refractivity contribution in [2.24, 2.45) is 5.73 Å². The minimum Gasteiger partial charge on any atom is -0.452 e. The van der Waals surface area contributed by atoms with E-state index in [1.165, 1.54) is 24.3 Å². The van der Waals surface area contributed by atoms with E-state index in [1.807, 2.05) is 0 Å². The van der Waals surface area contributed by atoms with Crippen molar-refractivity contribution in [1.82, 2.24) is 10.1 Å². The van der Waals surface area contributed by atoms with Gasteiger partial charge in [0.05, 0.1) is 5.56 Å². The number of nitrogens with two attached hydrogens (primary N) is 1. The van der Waals surface area contributed by atoms with E-state index in [0.717, 1.165) is 0 Å². The number of anilines is 1. The standard InChI is InChI=1S/C12H9F3N4O4/c13-12(14,15)10-18-8(23-19-10)5-22-9(20)6-2-1-3-7(4-6)17-11(16)21/h1-4H,5H2,(H3,16,17,21).